The number of rotatable bonds is 3. The SMILES string of the molecule is CCOC(=O)c1sc(N2CCCNCC2)c(C#N)c1N. The lowest BCUT2D eigenvalue weighted by molar-refractivity contribution is 0.0533. The van der Waals surface area contributed by atoms with Crippen molar-refractivity contribution in [2.75, 3.05) is 43.4 Å². The van der Waals surface area contributed by atoms with Gasteiger partial charge in [-0.05, 0) is 19.9 Å². The van der Waals surface area contributed by atoms with Gasteiger partial charge in [0, 0.05) is 19.6 Å². The normalized spacial score (nSPS) is 15.5. The maximum Gasteiger partial charge on any atom is 0.350 e. The van der Waals surface area contributed by atoms with Gasteiger partial charge in [0.15, 0.2) is 0 Å². The number of nitrogens with two attached hydrogens (primary N) is 1. The zero-order valence-electron chi connectivity index (χ0n) is 11.4. The molecule has 0 saturated carbocycles. The number of carbonyl (C=O) groups excluding carboxylic acids is 1. The lowest BCUT2D eigenvalue weighted by Gasteiger charge is -2.20. The van der Waals surface area contributed by atoms with E-state index in [4.69, 9.17) is 10.5 Å². The van der Waals surface area contributed by atoms with Gasteiger partial charge in [0.1, 0.15) is 21.5 Å². The number of anilines is 2. The minimum atomic E-state index is -0.453. The number of nitrogen functional groups attached to an aromatic ring is 1. The van der Waals surface area contributed by atoms with Crippen molar-refractivity contribution in [1.82, 2.24) is 5.32 Å². The van der Waals surface area contributed by atoms with E-state index in [2.05, 4.69) is 16.3 Å². The second-order valence-electron chi connectivity index (χ2n) is 4.45. The highest BCUT2D eigenvalue weighted by atomic mass is 32.1. The first-order valence-corrected chi connectivity index (χ1v) is 7.45. The van der Waals surface area contributed by atoms with Gasteiger partial charge >= 0.3 is 5.97 Å². The minimum Gasteiger partial charge on any atom is -0.462 e. The zero-order valence-corrected chi connectivity index (χ0v) is 12.3. The van der Waals surface area contributed by atoms with E-state index in [0.717, 1.165) is 37.6 Å². The van der Waals surface area contributed by atoms with Crippen molar-refractivity contribution >= 4 is 28.0 Å². The van der Waals surface area contributed by atoms with Crippen LogP contribution >= 0.6 is 11.3 Å². The Balaban J connectivity index is 2.35. The quantitative estimate of drug-likeness (QED) is 0.813. The molecule has 0 radical (unpaired) electrons. The van der Waals surface area contributed by atoms with E-state index in [9.17, 15) is 10.1 Å². The van der Waals surface area contributed by atoms with E-state index < -0.39 is 5.97 Å². The molecule has 2 heterocycles. The Hall–Kier alpha value is -1.78. The minimum absolute atomic E-state index is 0.239. The maximum atomic E-state index is 11.9. The molecule has 1 aromatic heterocycles. The van der Waals surface area contributed by atoms with E-state index in [1.807, 2.05) is 0 Å². The standard InChI is InChI=1S/C13H18N4O2S/c1-2-19-13(18)11-10(15)9(8-14)12(20-11)17-6-3-4-16-5-7-17/h16H,2-7,15H2,1H3. The molecule has 2 rings (SSSR count). The van der Waals surface area contributed by atoms with E-state index in [1.165, 1.54) is 11.3 Å². The van der Waals surface area contributed by atoms with Crippen molar-refractivity contribution in [3.8, 4) is 6.07 Å². The van der Waals surface area contributed by atoms with Crippen LogP contribution in [0.5, 0.6) is 0 Å². The molecule has 108 valence electrons. The van der Waals surface area contributed by atoms with Gasteiger partial charge < -0.3 is 20.7 Å². The van der Waals surface area contributed by atoms with Crippen molar-refractivity contribution in [3.63, 3.8) is 0 Å². The van der Waals surface area contributed by atoms with Crippen LogP contribution in [0.2, 0.25) is 0 Å². The predicted molar refractivity (Wildman–Crippen MR) is 79.1 cm³/mol. The summed E-state index contributed by atoms with van der Waals surface area (Å²) in [4.78, 5) is 14.3. The highest BCUT2D eigenvalue weighted by Gasteiger charge is 2.25. The Morgan fingerprint density at radius 1 is 1.55 bits per heavy atom. The van der Waals surface area contributed by atoms with Crippen LogP contribution in [0.1, 0.15) is 28.6 Å². The summed E-state index contributed by atoms with van der Waals surface area (Å²) in [6.07, 6.45) is 0.997. The van der Waals surface area contributed by atoms with Crippen molar-refractivity contribution in [2.24, 2.45) is 0 Å². The number of ether oxygens (including phenoxy) is 1. The summed E-state index contributed by atoms with van der Waals surface area (Å²) in [5.74, 6) is -0.453. The molecule has 0 aromatic carbocycles. The summed E-state index contributed by atoms with van der Waals surface area (Å²) in [7, 11) is 0. The molecule has 1 fully saturated rings. The van der Waals surface area contributed by atoms with Gasteiger partial charge in [0.25, 0.3) is 0 Å². The van der Waals surface area contributed by atoms with Gasteiger partial charge in [-0.3, -0.25) is 0 Å². The molecule has 0 bridgehead atoms. The number of thiophene rings is 1. The average Bonchev–Trinajstić information content (AvgIpc) is 2.63. The van der Waals surface area contributed by atoms with Crippen LogP contribution in [0.25, 0.3) is 0 Å². The van der Waals surface area contributed by atoms with Crippen LogP contribution in [-0.2, 0) is 4.74 Å². The molecule has 0 aliphatic carbocycles. The number of nitrogens with zero attached hydrogens (tertiary/aromatic N) is 2. The summed E-state index contributed by atoms with van der Waals surface area (Å²) in [5.41, 5.74) is 6.56. The summed E-state index contributed by atoms with van der Waals surface area (Å²) >= 11 is 1.25. The molecule has 1 saturated heterocycles. The molecule has 0 unspecified atom stereocenters. The Morgan fingerprint density at radius 2 is 2.35 bits per heavy atom. The number of esters is 1. The molecular formula is C13H18N4O2S. The monoisotopic (exact) mass is 294 g/mol. The molecule has 0 amide bonds. The van der Waals surface area contributed by atoms with Crippen LogP contribution in [-0.4, -0.2) is 38.8 Å². The number of nitrogens with one attached hydrogen (secondary N) is 1. The molecule has 1 aliphatic heterocycles. The third kappa shape index (κ3) is 2.86. The number of nitriles is 1. The largest absolute Gasteiger partial charge is 0.462 e. The highest BCUT2D eigenvalue weighted by Crippen LogP contribution is 2.38. The first-order valence-electron chi connectivity index (χ1n) is 6.64. The summed E-state index contributed by atoms with van der Waals surface area (Å²) in [6, 6.07) is 2.11. The average molecular weight is 294 g/mol. The number of hydrogen-bond acceptors (Lipinski definition) is 7. The fraction of sp³-hybridized carbons (Fsp3) is 0.538. The maximum absolute atomic E-state index is 11.9. The van der Waals surface area contributed by atoms with Crippen LogP contribution in [0.3, 0.4) is 0 Å². The van der Waals surface area contributed by atoms with Gasteiger partial charge in [-0.2, -0.15) is 5.26 Å². The van der Waals surface area contributed by atoms with Crippen LogP contribution in [0.4, 0.5) is 10.7 Å². The van der Waals surface area contributed by atoms with Gasteiger partial charge in [-0.1, -0.05) is 0 Å². The van der Waals surface area contributed by atoms with Crippen molar-refractivity contribution in [2.45, 2.75) is 13.3 Å². The zero-order chi connectivity index (χ0) is 14.5. The molecule has 3 N–H and O–H groups in total. The van der Waals surface area contributed by atoms with Crippen molar-refractivity contribution < 1.29 is 9.53 Å². The molecule has 7 heteroatoms. The van der Waals surface area contributed by atoms with Crippen LogP contribution in [0.15, 0.2) is 0 Å². The van der Waals surface area contributed by atoms with Gasteiger partial charge in [0.05, 0.1) is 12.3 Å². The lowest BCUT2D eigenvalue weighted by atomic mass is 10.2. The molecule has 1 aliphatic rings. The van der Waals surface area contributed by atoms with Gasteiger partial charge in [-0.15, -0.1) is 11.3 Å². The van der Waals surface area contributed by atoms with Crippen LogP contribution < -0.4 is 16.0 Å². The smallest absolute Gasteiger partial charge is 0.350 e. The summed E-state index contributed by atoms with van der Waals surface area (Å²) in [5, 5.41) is 13.4. The topological polar surface area (TPSA) is 91.4 Å². The van der Waals surface area contributed by atoms with Crippen molar-refractivity contribution in [3.05, 3.63) is 10.4 Å². The fourth-order valence-corrected chi connectivity index (χ4v) is 3.28. The first kappa shape index (κ1) is 14.6. The molecule has 1 aromatic rings. The lowest BCUT2D eigenvalue weighted by Crippen LogP contribution is -2.27. The predicted octanol–water partition coefficient (Wildman–Crippen LogP) is 1.18. The third-order valence-corrected chi connectivity index (χ3v) is 4.37. The highest BCUT2D eigenvalue weighted by molar-refractivity contribution is 7.18. The second kappa shape index (κ2) is 6.59. The Kier molecular flexibility index (Phi) is 4.82. The van der Waals surface area contributed by atoms with E-state index in [0.29, 0.717) is 17.0 Å². The third-order valence-electron chi connectivity index (χ3n) is 3.13. The molecule has 20 heavy (non-hydrogen) atoms. The van der Waals surface area contributed by atoms with Crippen LogP contribution in [0, 0.1) is 11.3 Å². The van der Waals surface area contributed by atoms with Gasteiger partial charge in [-0.25, -0.2) is 4.79 Å². The fourth-order valence-electron chi connectivity index (χ4n) is 2.16. The second-order valence-corrected chi connectivity index (χ2v) is 5.45. The van der Waals surface area contributed by atoms with Crippen molar-refractivity contribution in [1.29, 1.82) is 5.26 Å². The number of hydrogen-bond donors (Lipinski definition) is 2. The Morgan fingerprint density at radius 3 is 3.05 bits per heavy atom. The summed E-state index contributed by atoms with van der Waals surface area (Å²) < 4.78 is 4.98. The van der Waals surface area contributed by atoms with Gasteiger partial charge in [0.2, 0.25) is 0 Å². The van der Waals surface area contributed by atoms with E-state index in [-0.39, 0.29) is 5.69 Å². The molecule has 0 spiro atoms. The first-order chi connectivity index (χ1) is 9.69. The number of carbonyl (C=O) groups is 1. The van der Waals surface area contributed by atoms with E-state index in [1.54, 1.807) is 6.92 Å². The molecular weight excluding hydrogens is 276 g/mol. The molecule has 0 atom stereocenters. The van der Waals surface area contributed by atoms with E-state index >= 15 is 0 Å². The Labute approximate surface area is 122 Å². The molecule has 6 nitrogen and oxygen atoms in total. The Bertz CT molecular complexity index is 527. The summed E-state index contributed by atoms with van der Waals surface area (Å²) in [6.45, 7) is 5.51.